The zero-order valence-corrected chi connectivity index (χ0v) is 22.0. The highest BCUT2D eigenvalue weighted by atomic mass is 16.5. The summed E-state index contributed by atoms with van der Waals surface area (Å²) in [6.45, 7) is 11.1. The monoisotopic (exact) mass is 504 g/mol. The zero-order chi connectivity index (χ0) is 25.9. The van der Waals surface area contributed by atoms with Crippen LogP contribution in [0.4, 0.5) is 0 Å². The maximum absolute atomic E-state index is 13.8. The number of carbonyl (C=O) groups excluding carboxylic acids is 1. The van der Waals surface area contributed by atoms with Crippen LogP contribution in [0.3, 0.4) is 0 Å². The van der Waals surface area contributed by atoms with Gasteiger partial charge in [-0.25, -0.2) is 0 Å². The Hall–Kier alpha value is -3.16. The minimum Gasteiger partial charge on any atom is -0.494 e. The molecule has 0 saturated carbocycles. The van der Waals surface area contributed by atoms with Crippen LogP contribution in [-0.2, 0) is 4.74 Å². The summed E-state index contributed by atoms with van der Waals surface area (Å²) in [6, 6.07) is 11.0. The summed E-state index contributed by atoms with van der Waals surface area (Å²) in [5.74, 6) is 0.721. The van der Waals surface area contributed by atoms with E-state index < -0.39 is 6.04 Å². The van der Waals surface area contributed by atoms with Gasteiger partial charge in [-0.2, -0.15) is 0 Å². The minimum absolute atomic E-state index is 0.133. The van der Waals surface area contributed by atoms with Gasteiger partial charge in [0.1, 0.15) is 11.3 Å². The Morgan fingerprint density at radius 2 is 1.70 bits per heavy atom. The van der Waals surface area contributed by atoms with Crippen molar-refractivity contribution in [2.24, 2.45) is 0 Å². The molecule has 1 aromatic heterocycles. The summed E-state index contributed by atoms with van der Waals surface area (Å²) in [5.41, 5.74) is 3.69. The van der Waals surface area contributed by atoms with E-state index in [4.69, 9.17) is 13.9 Å². The van der Waals surface area contributed by atoms with Crippen molar-refractivity contribution in [2.45, 2.75) is 46.1 Å². The van der Waals surface area contributed by atoms with Crippen LogP contribution in [-0.4, -0.2) is 61.7 Å². The summed E-state index contributed by atoms with van der Waals surface area (Å²) < 4.78 is 17.5. The van der Waals surface area contributed by atoms with Crippen molar-refractivity contribution >= 4 is 16.9 Å². The summed E-state index contributed by atoms with van der Waals surface area (Å²) >= 11 is 0. The van der Waals surface area contributed by atoms with Crippen LogP contribution in [0, 0.1) is 13.8 Å². The topological polar surface area (TPSA) is 72.2 Å². The maximum atomic E-state index is 13.8. The SMILES string of the molecule is CCCCCOc1ccc(C2c3c(oc4cc(C)c(C)cc4c3=O)C(=O)N2CCN2CCOCC2)cc1. The molecule has 7 nitrogen and oxygen atoms in total. The fourth-order valence-electron chi connectivity index (χ4n) is 5.22. The number of carbonyl (C=O) groups is 1. The average molecular weight is 505 g/mol. The lowest BCUT2D eigenvalue weighted by Crippen LogP contribution is -2.42. The van der Waals surface area contributed by atoms with Crippen molar-refractivity contribution in [3.8, 4) is 5.75 Å². The highest BCUT2D eigenvalue weighted by molar-refractivity contribution is 5.99. The van der Waals surface area contributed by atoms with Gasteiger partial charge in [-0.3, -0.25) is 14.5 Å². The molecule has 0 aliphatic carbocycles. The standard InChI is InChI=1S/C30H36N2O5/c1-4-5-6-15-36-23-9-7-22(8-10-23)27-26-28(33)24-18-20(2)21(3)19-25(24)37-29(26)30(34)32(27)12-11-31-13-16-35-17-14-31/h7-10,18-19,27H,4-6,11-17H2,1-3H3. The molecule has 1 atom stereocenters. The molecule has 1 unspecified atom stereocenters. The van der Waals surface area contributed by atoms with Gasteiger partial charge in [0.05, 0.1) is 36.8 Å². The summed E-state index contributed by atoms with van der Waals surface area (Å²) in [6.07, 6.45) is 3.30. The molecule has 3 heterocycles. The molecule has 0 bridgehead atoms. The van der Waals surface area contributed by atoms with E-state index in [1.165, 1.54) is 0 Å². The zero-order valence-electron chi connectivity index (χ0n) is 22.0. The number of nitrogens with zero attached hydrogens (tertiary/aromatic N) is 2. The van der Waals surface area contributed by atoms with Gasteiger partial charge < -0.3 is 18.8 Å². The van der Waals surface area contributed by atoms with Crippen molar-refractivity contribution < 1.29 is 18.7 Å². The van der Waals surface area contributed by atoms with Crippen molar-refractivity contribution in [3.63, 3.8) is 0 Å². The van der Waals surface area contributed by atoms with Crippen molar-refractivity contribution in [1.82, 2.24) is 9.80 Å². The van der Waals surface area contributed by atoms with E-state index >= 15 is 0 Å². The Morgan fingerprint density at radius 1 is 0.973 bits per heavy atom. The van der Waals surface area contributed by atoms with E-state index in [0.29, 0.717) is 49.4 Å². The Balaban J connectivity index is 1.51. The van der Waals surface area contributed by atoms with Gasteiger partial charge in [0, 0.05) is 26.2 Å². The van der Waals surface area contributed by atoms with E-state index in [-0.39, 0.29) is 17.1 Å². The summed E-state index contributed by atoms with van der Waals surface area (Å²) in [4.78, 5) is 31.6. The maximum Gasteiger partial charge on any atom is 0.290 e. The first kappa shape index (κ1) is 25.5. The first-order chi connectivity index (χ1) is 18.0. The van der Waals surface area contributed by atoms with Gasteiger partial charge in [-0.1, -0.05) is 31.9 Å². The lowest BCUT2D eigenvalue weighted by Gasteiger charge is -2.31. The highest BCUT2D eigenvalue weighted by Crippen LogP contribution is 2.38. The molecule has 37 heavy (non-hydrogen) atoms. The molecule has 0 radical (unpaired) electrons. The fourth-order valence-corrected chi connectivity index (χ4v) is 5.22. The molecule has 7 heteroatoms. The molecule has 2 aromatic carbocycles. The molecular formula is C30H36N2O5. The van der Waals surface area contributed by atoms with Gasteiger partial charge in [0.2, 0.25) is 5.76 Å². The third kappa shape index (κ3) is 5.15. The van der Waals surface area contributed by atoms with Crippen molar-refractivity contribution in [3.05, 3.63) is 74.6 Å². The Bertz CT molecular complexity index is 1320. The number of morpholine rings is 1. The number of benzene rings is 2. The molecule has 1 saturated heterocycles. The molecular weight excluding hydrogens is 468 g/mol. The molecule has 1 amide bonds. The number of hydrogen-bond donors (Lipinski definition) is 0. The number of rotatable bonds is 9. The summed E-state index contributed by atoms with van der Waals surface area (Å²) in [7, 11) is 0. The van der Waals surface area contributed by atoms with Gasteiger partial charge >= 0.3 is 0 Å². The fraction of sp³-hybridized carbons (Fsp3) is 0.467. The number of fused-ring (bicyclic) bond motifs is 2. The lowest BCUT2D eigenvalue weighted by atomic mass is 9.97. The first-order valence-electron chi connectivity index (χ1n) is 13.4. The largest absolute Gasteiger partial charge is 0.494 e. The number of unbranched alkanes of at least 4 members (excludes halogenated alkanes) is 2. The molecule has 2 aliphatic heterocycles. The second-order valence-electron chi connectivity index (χ2n) is 10.1. The number of ether oxygens (including phenoxy) is 2. The number of hydrogen-bond acceptors (Lipinski definition) is 6. The van der Waals surface area contributed by atoms with E-state index in [0.717, 1.165) is 54.8 Å². The number of amides is 1. The van der Waals surface area contributed by atoms with Crippen LogP contribution in [0.25, 0.3) is 11.0 Å². The molecule has 196 valence electrons. The Kier molecular flexibility index (Phi) is 7.63. The van der Waals surface area contributed by atoms with Crippen LogP contribution in [0.5, 0.6) is 5.75 Å². The summed E-state index contributed by atoms with van der Waals surface area (Å²) in [5, 5.41) is 0.519. The molecule has 2 aliphatic rings. The Morgan fingerprint density at radius 3 is 2.43 bits per heavy atom. The first-order valence-corrected chi connectivity index (χ1v) is 13.4. The van der Waals surface area contributed by atoms with Gasteiger partial charge in [0.25, 0.3) is 5.91 Å². The molecule has 0 N–H and O–H groups in total. The van der Waals surface area contributed by atoms with E-state index in [9.17, 15) is 9.59 Å². The normalized spacial score (nSPS) is 18.0. The molecule has 1 fully saturated rings. The predicted molar refractivity (Wildman–Crippen MR) is 144 cm³/mol. The van der Waals surface area contributed by atoms with Crippen molar-refractivity contribution in [2.75, 3.05) is 46.0 Å². The average Bonchev–Trinajstić information content (AvgIpc) is 3.19. The predicted octanol–water partition coefficient (Wildman–Crippen LogP) is 4.86. The van der Waals surface area contributed by atoms with Gasteiger partial charge in [-0.15, -0.1) is 0 Å². The minimum atomic E-state index is -0.500. The number of aryl methyl sites for hydroxylation is 2. The quantitative estimate of drug-likeness (QED) is 0.388. The lowest BCUT2D eigenvalue weighted by molar-refractivity contribution is 0.0314. The van der Waals surface area contributed by atoms with E-state index in [1.54, 1.807) is 4.90 Å². The van der Waals surface area contributed by atoms with Gasteiger partial charge in [0.15, 0.2) is 5.43 Å². The second-order valence-corrected chi connectivity index (χ2v) is 10.1. The van der Waals surface area contributed by atoms with E-state index in [2.05, 4.69) is 11.8 Å². The second kappa shape index (κ2) is 11.1. The van der Waals surface area contributed by atoms with Crippen LogP contribution in [0.1, 0.15) is 65.0 Å². The smallest absolute Gasteiger partial charge is 0.290 e. The highest BCUT2D eigenvalue weighted by Gasteiger charge is 2.42. The van der Waals surface area contributed by atoms with Crippen LogP contribution < -0.4 is 10.2 Å². The molecule has 5 rings (SSSR count). The Labute approximate surface area is 218 Å². The van der Waals surface area contributed by atoms with Crippen LogP contribution in [0.15, 0.2) is 45.6 Å². The molecule has 3 aromatic rings. The third-order valence-corrected chi connectivity index (χ3v) is 7.56. The van der Waals surface area contributed by atoms with Crippen molar-refractivity contribution in [1.29, 1.82) is 0 Å². The van der Waals surface area contributed by atoms with Crippen LogP contribution >= 0.6 is 0 Å². The van der Waals surface area contributed by atoms with E-state index in [1.807, 2.05) is 50.2 Å². The van der Waals surface area contributed by atoms with Crippen LogP contribution in [0.2, 0.25) is 0 Å². The third-order valence-electron chi connectivity index (χ3n) is 7.56. The van der Waals surface area contributed by atoms with Gasteiger partial charge in [-0.05, 0) is 61.2 Å². The molecule has 0 spiro atoms.